The molecule has 0 aromatic rings. The Morgan fingerprint density at radius 2 is 0.698 bits per heavy atom. The molecule has 0 saturated carbocycles. The van der Waals surface area contributed by atoms with Crippen molar-refractivity contribution in [3.63, 3.8) is 0 Å². The van der Waals surface area contributed by atoms with E-state index in [2.05, 4.69) is 0 Å². The molecule has 0 aliphatic heterocycles. The molecule has 0 aliphatic rings. The zero-order chi connectivity index (χ0) is 35.1. The van der Waals surface area contributed by atoms with E-state index in [1.54, 1.807) is 0 Å². The summed E-state index contributed by atoms with van der Waals surface area (Å²) in [6.07, 6.45) is -15.4. The van der Waals surface area contributed by atoms with Crippen molar-refractivity contribution in [2.45, 2.75) is 78.4 Å². The van der Waals surface area contributed by atoms with Crippen molar-refractivity contribution in [1.82, 2.24) is 4.90 Å². The number of aliphatic hydroxyl groups is 3. The standard InChI is InChI=1S/C18H18F21NO3/c19-9(20,7-8(43)1-2-40(3-5-41)4-6-42)10(21,22)11(23,24)12(25,26)13(27,28)14(29,30)15(31,32)16(33,34)17(35,36)18(37,38)39/h8,41-43H,1-7H2. The molecule has 43 heavy (non-hydrogen) atoms. The first kappa shape index (κ1) is 41.4. The molecule has 0 aromatic carbocycles. The van der Waals surface area contributed by atoms with Crippen LogP contribution in [0.2, 0.25) is 0 Å². The number of halogens is 21. The van der Waals surface area contributed by atoms with Gasteiger partial charge in [0.1, 0.15) is 0 Å². The van der Waals surface area contributed by atoms with Gasteiger partial charge in [0.15, 0.2) is 0 Å². The molecule has 4 nitrogen and oxygen atoms in total. The average Bonchev–Trinajstić information content (AvgIpc) is 2.80. The Hall–Kier alpha value is -1.63. The highest BCUT2D eigenvalue weighted by Crippen LogP contribution is 2.66. The maximum absolute atomic E-state index is 14.0. The average molecular weight is 695 g/mol. The van der Waals surface area contributed by atoms with Gasteiger partial charge in [-0.3, -0.25) is 4.90 Å². The molecular formula is C18H18F21NO3. The van der Waals surface area contributed by atoms with Crippen molar-refractivity contribution < 1.29 is 108 Å². The van der Waals surface area contributed by atoms with E-state index in [9.17, 15) is 97.3 Å². The Bertz CT molecular complexity index is 913. The Labute approximate surface area is 225 Å². The molecule has 0 heterocycles. The molecule has 0 bridgehead atoms. The zero-order valence-electron chi connectivity index (χ0n) is 20.3. The maximum Gasteiger partial charge on any atom is 0.460 e. The molecule has 0 aromatic heterocycles. The fraction of sp³-hybridized carbons (Fsp3) is 1.00. The number of hydrogen-bond acceptors (Lipinski definition) is 4. The number of alkyl halides is 21. The Morgan fingerprint density at radius 3 is 0.977 bits per heavy atom. The molecule has 0 radical (unpaired) electrons. The van der Waals surface area contributed by atoms with Crippen LogP contribution in [-0.4, -0.2) is 119 Å². The van der Waals surface area contributed by atoms with E-state index in [-0.39, 0.29) is 0 Å². The summed E-state index contributed by atoms with van der Waals surface area (Å²) in [6, 6.07) is 0. The van der Waals surface area contributed by atoms with Crippen molar-refractivity contribution in [3.8, 4) is 0 Å². The first-order valence-corrected chi connectivity index (χ1v) is 10.7. The van der Waals surface area contributed by atoms with E-state index in [1.807, 2.05) is 0 Å². The van der Waals surface area contributed by atoms with Crippen LogP contribution in [0.5, 0.6) is 0 Å². The van der Waals surface area contributed by atoms with Crippen LogP contribution in [0.1, 0.15) is 12.8 Å². The summed E-state index contributed by atoms with van der Waals surface area (Å²) in [5.74, 6) is -77.8. The first-order chi connectivity index (χ1) is 18.6. The van der Waals surface area contributed by atoms with E-state index in [4.69, 9.17) is 10.2 Å². The predicted octanol–water partition coefficient (Wildman–Crippen LogP) is 5.69. The van der Waals surface area contributed by atoms with Gasteiger partial charge in [-0.1, -0.05) is 0 Å². The van der Waals surface area contributed by atoms with Crippen LogP contribution >= 0.6 is 0 Å². The van der Waals surface area contributed by atoms with Gasteiger partial charge in [-0.25, -0.2) is 0 Å². The largest absolute Gasteiger partial charge is 0.460 e. The molecule has 3 N–H and O–H groups in total. The van der Waals surface area contributed by atoms with E-state index in [0.717, 1.165) is 4.90 Å². The lowest BCUT2D eigenvalue weighted by Crippen LogP contribution is -2.76. The van der Waals surface area contributed by atoms with Crippen LogP contribution in [0.3, 0.4) is 0 Å². The Morgan fingerprint density at radius 1 is 0.419 bits per heavy atom. The van der Waals surface area contributed by atoms with Crippen LogP contribution in [-0.2, 0) is 0 Å². The molecular weight excluding hydrogens is 677 g/mol. The fourth-order valence-corrected chi connectivity index (χ4v) is 3.07. The molecule has 0 aliphatic carbocycles. The number of hydrogen-bond donors (Lipinski definition) is 3. The molecule has 260 valence electrons. The van der Waals surface area contributed by atoms with Crippen molar-refractivity contribution in [2.24, 2.45) is 0 Å². The Balaban J connectivity index is 6.62. The van der Waals surface area contributed by atoms with Gasteiger partial charge in [0.05, 0.1) is 19.3 Å². The summed E-state index contributed by atoms with van der Waals surface area (Å²) < 4.78 is 281. The SMILES string of the molecule is OCCN(CCO)CCC(O)CC(F)(F)C(F)(F)C(F)(F)C(F)(F)C(F)(F)C(F)(F)C(F)(F)C(F)(F)C(F)(F)C(F)(F)F. The van der Waals surface area contributed by atoms with Gasteiger partial charge < -0.3 is 15.3 Å². The van der Waals surface area contributed by atoms with Gasteiger partial charge in [0, 0.05) is 26.1 Å². The van der Waals surface area contributed by atoms with Crippen molar-refractivity contribution >= 4 is 0 Å². The summed E-state index contributed by atoms with van der Waals surface area (Å²) in [7, 11) is 0. The smallest absolute Gasteiger partial charge is 0.395 e. The van der Waals surface area contributed by atoms with Gasteiger partial charge in [-0.15, -0.1) is 0 Å². The van der Waals surface area contributed by atoms with Gasteiger partial charge in [-0.2, -0.15) is 92.2 Å². The molecule has 1 atom stereocenters. The lowest BCUT2D eigenvalue weighted by Gasteiger charge is -2.44. The molecule has 0 fully saturated rings. The van der Waals surface area contributed by atoms with E-state index in [1.165, 1.54) is 0 Å². The summed E-state index contributed by atoms with van der Waals surface area (Å²) in [5.41, 5.74) is 0. The monoisotopic (exact) mass is 695 g/mol. The number of nitrogens with zero attached hydrogens (tertiary/aromatic N) is 1. The van der Waals surface area contributed by atoms with E-state index >= 15 is 0 Å². The minimum absolute atomic E-state index is 0.411. The van der Waals surface area contributed by atoms with Crippen molar-refractivity contribution in [1.29, 1.82) is 0 Å². The van der Waals surface area contributed by atoms with Gasteiger partial charge in [0.25, 0.3) is 0 Å². The van der Waals surface area contributed by atoms with Crippen molar-refractivity contribution in [3.05, 3.63) is 0 Å². The van der Waals surface area contributed by atoms with Crippen molar-refractivity contribution in [2.75, 3.05) is 32.8 Å². The summed E-state index contributed by atoms with van der Waals surface area (Å²) in [4.78, 5) is 0.892. The van der Waals surface area contributed by atoms with Crippen LogP contribution in [0, 0.1) is 0 Å². The molecule has 0 rings (SSSR count). The molecule has 1 unspecified atom stereocenters. The molecule has 0 amide bonds. The first-order valence-electron chi connectivity index (χ1n) is 10.7. The minimum Gasteiger partial charge on any atom is -0.395 e. The highest BCUT2D eigenvalue weighted by atomic mass is 19.4. The van der Waals surface area contributed by atoms with E-state index in [0.29, 0.717) is 0 Å². The second kappa shape index (κ2) is 12.3. The van der Waals surface area contributed by atoms with Crippen LogP contribution in [0.15, 0.2) is 0 Å². The normalized spacial score (nSPS) is 16.7. The van der Waals surface area contributed by atoms with Crippen LogP contribution < -0.4 is 0 Å². The van der Waals surface area contributed by atoms with Gasteiger partial charge in [0.2, 0.25) is 0 Å². The predicted molar refractivity (Wildman–Crippen MR) is 96.4 cm³/mol. The second-order valence-electron chi connectivity index (χ2n) is 8.73. The summed E-state index contributed by atoms with van der Waals surface area (Å²) in [5, 5.41) is 26.9. The molecule has 0 saturated heterocycles. The third kappa shape index (κ3) is 6.53. The van der Waals surface area contributed by atoms with Crippen LogP contribution in [0.25, 0.3) is 0 Å². The highest BCUT2D eigenvalue weighted by molar-refractivity contribution is 5.18. The third-order valence-electron chi connectivity index (χ3n) is 5.68. The number of aliphatic hydroxyl groups excluding tert-OH is 3. The minimum atomic E-state index is -9.24. The number of rotatable bonds is 17. The second-order valence-corrected chi connectivity index (χ2v) is 8.73. The molecule has 0 spiro atoms. The Kier molecular flexibility index (Phi) is 11.8. The fourth-order valence-electron chi connectivity index (χ4n) is 3.07. The zero-order valence-corrected chi connectivity index (χ0v) is 20.3. The molecule has 25 heteroatoms. The summed E-state index contributed by atoms with van der Waals surface area (Å²) in [6.45, 7) is -3.02. The van der Waals surface area contributed by atoms with E-state index < -0.39 is 111 Å². The lowest BCUT2D eigenvalue weighted by atomic mass is 9.85. The van der Waals surface area contributed by atoms with Gasteiger partial charge >= 0.3 is 59.5 Å². The van der Waals surface area contributed by atoms with Gasteiger partial charge in [-0.05, 0) is 6.42 Å². The lowest BCUT2D eigenvalue weighted by molar-refractivity contribution is -0.474. The topological polar surface area (TPSA) is 63.9 Å². The van der Waals surface area contributed by atoms with Crippen LogP contribution in [0.4, 0.5) is 92.2 Å². The quantitative estimate of drug-likeness (QED) is 0.171. The highest BCUT2D eigenvalue weighted by Gasteiger charge is 2.97. The summed E-state index contributed by atoms with van der Waals surface area (Å²) >= 11 is 0. The third-order valence-corrected chi connectivity index (χ3v) is 5.68. The maximum atomic E-state index is 14.0.